The van der Waals surface area contributed by atoms with Crippen molar-refractivity contribution in [3.8, 4) is 6.07 Å². The molecule has 0 spiro atoms. The quantitative estimate of drug-likeness (QED) is 0.632. The molecule has 0 N–H and O–H groups in total. The van der Waals surface area contributed by atoms with Crippen molar-refractivity contribution in [3.05, 3.63) is 34.4 Å². The highest BCUT2D eigenvalue weighted by Crippen LogP contribution is 2.37. The molecule has 7 heteroatoms. The first-order chi connectivity index (χ1) is 9.35. The van der Waals surface area contributed by atoms with Crippen molar-refractivity contribution in [3.63, 3.8) is 0 Å². The average molecular weight is 306 g/mol. The van der Waals surface area contributed by atoms with Gasteiger partial charge in [-0.2, -0.15) is 18.4 Å². The summed E-state index contributed by atoms with van der Waals surface area (Å²) in [6.07, 6.45) is -5.21. The molecular formula is C13H11ClF3NO2. The lowest BCUT2D eigenvalue weighted by atomic mass is 9.95. The second-order valence-corrected chi connectivity index (χ2v) is 4.12. The van der Waals surface area contributed by atoms with Crippen LogP contribution in [0, 0.1) is 11.3 Å². The fourth-order valence-corrected chi connectivity index (χ4v) is 2.09. The Morgan fingerprint density at radius 1 is 1.45 bits per heavy atom. The number of benzene rings is 1. The van der Waals surface area contributed by atoms with Crippen LogP contribution in [0.2, 0.25) is 0 Å². The number of halogens is 4. The van der Waals surface area contributed by atoms with Crippen LogP contribution >= 0.6 is 11.6 Å². The predicted octanol–water partition coefficient (Wildman–Crippen LogP) is 3.42. The lowest BCUT2D eigenvalue weighted by molar-refractivity contribution is -0.143. The SMILES string of the molecule is CCOC(=O)Cc1ccc(C#N)c(CCl)c1C(F)(F)F. The number of esters is 1. The van der Waals surface area contributed by atoms with E-state index in [0.717, 1.165) is 6.07 Å². The molecule has 20 heavy (non-hydrogen) atoms. The zero-order chi connectivity index (χ0) is 15.3. The molecule has 0 aliphatic rings. The van der Waals surface area contributed by atoms with Gasteiger partial charge in [-0.3, -0.25) is 4.79 Å². The van der Waals surface area contributed by atoms with E-state index >= 15 is 0 Å². The van der Waals surface area contributed by atoms with E-state index in [1.165, 1.54) is 6.07 Å². The van der Waals surface area contributed by atoms with Crippen LogP contribution in [0.4, 0.5) is 13.2 Å². The summed E-state index contributed by atoms with van der Waals surface area (Å²) in [7, 11) is 0. The third-order valence-electron chi connectivity index (χ3n) is 2.58. The molecule has 0 bridgehead atoms. The van der Waals surface area contributed by atoms with Crippen molar-refractivity contribution in [1.82, 2.24) is 0 Å². The monoisotopic (exact) mass is 305 g/mol. The molecule has 0 unspecified atom stereocenters. The molecule has 0 aromatic heterocycles. The maximum Gasteiger partial charge on any atom is 0.417 e. The van der Waals surface area contributed by atoms with Gasteiger partial charge in [0, 0.05) is 5.88 Å². The van der Waals surface area contributed by atoms with Crippen molar-refractivity contribution >= 4 is 17.6 Å². The van der Waals surface area contributed by atoms with E-state index in [4.69, 9.17) is 16.9 Å². The number of nitriles is 1. The van der Waals surface area contributed by atoms with Crippen LogP contribution in [0.25, 0.3) is 0 Å². The number of alkyl halides is 4. The van der Waals surface area contributed by atoms with Gasteiger partial charge in [-0.15, -0.1) is 11.6 Å². The van der Waals surface area contributed by atoms with Crippen molar-refractivity contribution in [2.75, 3.05) is 6.61 Å². The van der Waals surface area contributed by atoms with Crippen LogP contribution in [0.3, 0.4) is 0 Å². The molecule has 3 nitrogen and oxygen atoms in total. The van der Waals surface area contributed by atoms with E-state index in [0.29, 0.717) is 0 Å². The zero-order valence-electron chi connectivity index (χ0n) is 10.6. The highest BCUT2D eigenvalue weighted by atomic mass is 35.5. The normalized spacial score (nSPS) is 11.0. The Bertz CT molecular complexity index is 550. The summed E-state index contributed by atoms with van der Waals surface area (Å²) in [4.78, 5) is 11.4. The van der Waals surface area contributed by atoms with E-state index in [2.05, 4.69) is 4.74 Å². The van der Waals surface area contributed by atoms with Crippen LogP contribution in [0.1, 0.15) is 29.2 Å². The molecule has 0 saturated carbocycles. The lowest BCUT2D eigenvalue weighted by Crippen LogP contribution is -2.17. The molecule has 1 aromatic carbocycles. The van der Waals surface area contributed by atoms with Gasteiger partial charge in [0.2, 0.25) is 0 Å². The van der Waals surface area contributed by atoms with Crippen LogP contribution in [-0.4, -0.2) is 12.6 Å². The van der Waals surface area contributed by atoms with Gasteiger partial charge < -0.3 is 4.74 Å². The Labute approximate surface area is 118 Å². The molecule has 0 saturated heterocycles. The Kier molecular flexibility index (Phi) is 5.40. The highest BCUT2D eigenvalue weighted by Gasteiger charge is 2.37. The maximum atomic E-state index is 13.1. The van der Waals surface area contributed by atoms with Crippen molar-refractivity contribution in [2.24, 2.45) is 0 Å². The molecule has 1 aromatic rings. The summed E-state index contributed by atoms with van der Waals surface area (Å²) in [5, 5.41) is 8.83. The fourth-order valence-electron chi connectivity index (χ4n) is 1.81. The summed E-state index contributed by atoms with van der Waals surface area (Å²) in [5.41, 5.74) is -1.74. The zero-order valence-corrected chi connectivity index (χ0v) is 11.3. The summed E-state index contributed by atoms with van der Waals surface area (Å²) < 4.78 is 44.0. The van der Waals surface area contributed by atoms with Gasteiger partial charge in [-0.25, -0.2) is 0 Å². The van der Waals surface area contributed by atoms with Crippen molar-refractivity contribution < 1.29 is 22.7 Å². The predicted molar refractivity (Wildman–Crippen MR) is 66.1 cm³/mol. The first-order valence-electron chi connectivity index (χ1n) is 5.68. The Morgan fingerprint density at radius 3 is 2.55 bits per heavy atom. The van der Waals surface area contributed by atoms with E-state index in [-0.39, 0.29) is 23.3 Å². The highest BCUT2D eigenvalue weighted by molar-refractivity contribution is 6.17. The number of rotatable bonds is 4. The molecule has 0 fully saturated rings. The second kappa shape index (κ2) is 6.62. The Morgan fingerprint density at radius 2 is 2.10 bits per heavy atom. The molecule has 0 heterocycles. The lowest BCUT2D eigenvalue weighted by Gasteiger charge is -2.17. The standard InChI is InChI=1S/C13H11ClF3NO2/c1-2-20-11(19)5-8-3-4-9(7-18)10(6-14)12(8)13(15,16)17/h3-4H,2,5-6H2,1H3. The number of nitrogens with zero attached hydrogens (tertiary/aromatic N) is 1. The maximum absolute atomic E-state index is 13.1. The molecule has 1 rings (SSSR count). The van der Waals surface area contributed by atoms with Crippen molar-refractivity contribution in [2.45, 2.75) is 25.4 Å². The molecule has 108 valence electrons. The summed E-state index contributed by atoms with van der Waals surface area (Å²) in [6, 6.07) is 3.99. The van der Waals surface area contributed by atoms with Crippen LogP contribution in [0.5, 0.6) is 0 Å². The number of carbonyl (C=O) groups is 1. The number of ether oxygens (including phenoxy) is 1. The number of hydrogen-bond donors (Lipinski definition) is 0. The topological polar surface area (TPSA) is 50.1 Å². The minimum atomic E-state index is -4.70. The van der Waals surface area contributed by atoms with Gasteiger partial charge in [0.1, 0.15) is 0 Å². The average Bonchev–Trinajstić information content (AvgIpc) is 2.36. The third-order valence-corrected chi connectivity index (χ3v) is 2.84. The Balaban J connectivity index is 3.38. The molecule has 0 aliphatic carbocycles. The van der Waals surface area contributed by atoms with E-state index in [1.54, 1.807) is 13.0 Å². The van der Waals surface area contributed by atoms with Gasteiger partial charge in [0.15, 0.2) is 0 Å². The van der Waals surface area contributed by atoms with E-state index in [9.17, 15) is 18.0 Å². The van der Waals surface area contributed by atoms with E-state index < -0.39 is 30.0 Å². The Hall–Kier alpha value is -1.74. The van der Waals surface area contributed by atoms with E-state index in [1.807, 2.05) is 0 Å². The summed E-state index contributed by atoms with van der Waals surface area (Å²) in [5.74, 6) is -1.22. The van der Waals surface area contributed by atoms with Gasteiger partial charge in [0.25, 0.3) is 0 Å². The van der Waals surface area contributed by atoms with Crippen LogP contribution in [-0.2, 0) is 28.0 Å². The molecule has 0 aliphatic heterocycles. The van der Waals surface area contributed by atoms with Crippen LogP contribution in [0.15, 0.2) is 12.1 Å². The van der Waals surface area contributed by atoms with Gasteiger partial charge >= 0.3 is 12.1 Å². The smallest absolute Gasteiger partial charge is 0.417 e. The summed E-state index contributed by atoms with van der Waals surface area (Å²) in [6.45, 7) is 1.64. The van der Waals surface area contributed by atoms with Gasteiger partial charge in [-0.1, -0.05) is 6.07 Å². The van der Waals surface area contributed by atoms with Gasteiger partial charge in [-0.05, 0) is 24.1 Å². The molecular weight excluding hydrogens is 295 g/mol. The first kappa shape index (κ1) is 16.3. The first-order valence-corrected chi connectivity index (χ1v) is 6.22. The number of hydrogen-bond acceptors (Lipinski definition) is 3. The van der Waals surface area contributed by atoms with Crippen molar-refractivity contribution in [1.29, 1.82) is 5.26 Å². The summed E-state index contributed by atoms with van der Waals surface area (Å²) >= 11 is 5.52. The molecule has 0 atom stereocenters. The number of carbonyl (C=O) groups excluding carboxylic acids is 1. The minimum absolute atomic E-state index is 0.0822. The molecule has 0 radical (unpaired) electrons. The third kappa shape index (κ3) is 3.64. The fraction of sp³-hybridized carbons (Fsp3) is 0.385. The minimum Gasteiger partial charge on any atom is -0.466 e. The van der Waals surface area contributed by atoms with Gasteiger partial charge in [0.05, 0.1) is 30.2 Å². The molecule has 0 amide bonds. The largest absolute Gasteiger partial charge is 0.466 e. The second-order valence-electron chi connectivity index (χ2n) is 3.85. The van der Waals surface area contributed by atoms with Crippen LogP contribution < -0.4 is 0 Å².